The molecule has 8 nitrogen and oxygen atoms in total. The van der Waals surface area contributed by atoms with Crippen LogP contribution in [-0.2, 0) is 30.6 Å². The van der Waals surface area contributed by atoms with Crippen molar-refractivity contribution >= 4 is 38.3 Å². The van der Waals surface area contributed by atoms with Crippen LogP contribution in [-0.4, -0.2) is 52.5 Å². The largest absolute Gasteiger partial charge is 0.508 e. The van der Waals surface area contributed by atoms with Gasteiger partial charge in [-0.15, -0.1) is 0 Å². The Labute approximate surface area is 274 Å². The third-order valence-corrected chi connectivity index (χ3v) is 8.41. The van der Waals surface area contributed by atoms with Gasteiger partial charge in [-0.2, -0.15) is 0 Å². The molecular weight excluding hydrogens is 694 g/mol. The molecule has 0 aliphatic heterocycles. The number of nitrogens with zero attached hydrogens (tertiary/aromatic N) is 1. The Morgan fingerprint density at radius 3 is 1.59 bits per heavy atom. The summed E-state index contributed by atoms with van der Waals surface area (Å²) in [5.74, 6) is 1.63. The SMILES string of the molecule is COc1cc(Br)c(CCCCc2ccc(O)cc2)cc1O.COc1cc(Br)c(CCN(C=O)Cc2ccc(O)cc2)cc1O. The van der Waals surface area contributed by atoms with Crippen LogP contribution in [0, 0.1) is 0 Å². The molecule has 0 spiro atoms. The highest BCUT2D eigenvalue weighted by Crippen LogP contribution is 2.34. The molecule has 0 saturated carbocycles. The molecule has 4 rings (SSSR count). The molecule has 44 heavy (non-hydrogen) atoms. The van der Waals surface area contributed by atoms with Crippen LogP contribution in [0.15, 0.2) is 81.7 Å². The third kappa shape index (κ3) is 10.7. The molecule has 0 aliphatic carbocycles. The van der Waals surface area contributed by atoms with Crippen molar-refractivity contribution in [2.24, 2.45) is 0 Å². The van der Waals surface area contributed by atoms with E-state index in [4.69, 9.17) is 9.47 Å². The lowest BCUT2D eigenvalue weighted by Crippen LogP contribution is -2.24. The van der Waals surface area contributed by atoms with Crippen molar-refractivity contribution in [1.82, 2.24) is 4.90 Å². The van der Waals surface area contributed by atoms with Crippen LogP contribution in [0.25, 0.3) is 0 Å². The molecule has 0 aromatic heterocycles. The summed E-state index contributed by atoms with van der Waals surface area (Å²) in [7, 11) is 3.03. The standard InChI is InChI=1S/C17H18BrNO4.C17H19BrO3/c1-23-17-9-15(18)13(8-16(17)22)6-7-19(11-20)10-12-2-4-14(21)5-3-12;1-21-17-11-15(18)13(10-16(17)20)5-3-2-4-12-6-8-14(19)9-7-12/h2-5,8-9,11,21-22H,6-7,10H2,1H3;6-11,19-20H,2-5H2,1H3. The van der Waals surface area contributed by atoms with Crippen molar-refractivity contribution in [3.63, 3.8) is 0 Å². The minimum atomic E-state index is 0.0712. The quantitative estimate of drug-likeness (QED) is 0.0831. The van der Waals surface area contributed by atoms with E-state index in [2.05, 4.69) is 31.9 Å². The second-order valence-electron chi connectivity index (χ2n) is 10.1. The number of carbonyl (C=O) groups is 1. The van der Waals surface area contributed by atoms with Gasteiger partial charge in [0.2, 0.25) is 6.41 Å². The van der Waals surface area contributed by atoms with Crippen LogP contribution in [0.1, 0.15) is 35.1 Å². The normalized spacial score (nSPS) is 10.5. The Morgan fingerprint density at radius 2 is 1.11 bits per heavy atom. The number of benzene rings is 4. The van der Waals surface area contributed by atoms with E-state index in [9.17, 15) is 25.2 Å². The van der Waals surface area contributed by atoms with Crippen molar-refractivity contribution < 1.29 is 34.7 Å². The number of hydrogen-bond donors (Lipinski definition) is 4. The molecule has 0 aliphatic rings. The van der Waals surface area contributed by atoms with Crippen LogP contribution in [0.5, 0.6) is 34.5 Å². The topological polar surface area (TPSA) is 120 Å². The molecule has 1 amide bonds. The number of methoxy groups -OCH3 is 2. The first-order chi connectivity index (χ1) is 21.1. The summed E-state index contributed by atoms with van der Waals surface area (Å²) in [4.78, 5) is 12.9. The summed E-state index contributed by atoms with van der Waals surface area (Å²) >= 11 is 6.95. The molecule has 0 radical (unpaired) electrons. The molecule has 0 heterocycles. The van der Waals surface area contributed by atoms with Crippen molar-refractivity contribution in [1.29, 1.82) is 0 Å². The summed E-state index contributed by atoms with van der Waals surface area (Å²) in [6.07, 6.45) is 5.37. The number of halogens is 2. The number of carbonyl (C=O) groups excluding carboxylic acids is 1. The van der Waals surface area contributed by atoms with E-state index in [-0.39, 0.29) is 17.2 Å². The molecule has 0 atom stereocenters. The molecule has 0 bridgehead atoms. The number of hydrogen-bond acceptors (Lipinski definition) is 7. The molecule has 0 unspecified atom stereocenters. The zero-order valence-electron chi connectivity index (χ0n) is 24.7. The van der Waals surface area contributed by atoms with Crippen LogP contribution >= 0.6 is 31.9 Å². The number of aromatic hydroxyl groups is 4. The summed E-state index contributed by atoms with van der Waals surface area (Å²) in [6.45, 7) is 0.971. The Balaban J connectivity index is 0.000000241. The summed E-state index contributed by atoms with van der Waals surface area (Å²) < 4.78 is 11.9. The minimum Gasteiger partial charge on any atom is -0.508 e. The first-order valence-corrected chi connectivity index (χ1v) is 15.6. The van der Waals surface area contributed by atoms with Gasteiger partial charge in [-0.3, -0.25) is 4.79 Å². The maximum Gasteiger partial charge on any atom is 0.210 e. The van der Waals surface area contributed by atoms with Gasteiger partial charge in [0.25, 0.3) is 0 Å². The Bertz CT molecular complexity index is 1500. The van der Waals surface area contributed by atoms with Gasteiger partial charge < -0.3 is 34.8 Å². The van der Waals surface area contributed by atoms with Crippen LogP contribution in [0.3, 0.4) is 0 Å². The van der Waals surface area contributed by atoms with Gasteiger partial charge in [0.1, 0.15) is 11.5 Å². The lowest BCUT2D eigenvalue weighted by Gasteiger charge is -2.18. The van der Waals surface area contributed by atoms with Gasteiger partial charge in [-0.25, -0.2) is 0 Å². The van der Waals surface area contributed by atoms with Crippen LogP contribution in [0.2, 0.25) is 0 Å². The molecule has 4 aromatic carbocycles. The molecule has 4 aromatic rings. The van der Waals surface area contributed by atoms with E-state index in [1.54, 1.807) is 72.7 Å². The number of aryl methyl sites for hydroxylation is 2. The molecule has 0 fully saturated rings. The van der Waals surface area contributed by atoms with Gasteiger partial charge >= 0.3 is 0 Å². The highest BCUT2D eigenvalue weighted by molar-refractivity contribution is 9.10. The van der Waals surface area contributed by atoms with Crippen molar-refractivity contribution in [2.45, 2.75) is 38.6 Å². The van der Waals surface area contributed by atoms with Gasteiger partial charge in [0, 0.05) is 22.0 Å². The zero-order valence-corrected chi connectivity index (χ0v) is 27.8. The van der Waals surface area contributed by atoms with Crippen molar-refractivity contribution in [3.05, 3.63) is 104 Å². The number of phenols is 4. The van der Waals surface area contributed by atoms with E-state index in [1.165, 1.54) is 12.7 Å². The summed E-state index contributed by atoms with van der Waals surface area (Å²) in [6, 6.07) is 21.0. The molecule has 0 saturated heterocycles. The average Bonchev–Trinajstić information content (AvgIpc) is 3.02. The van der Waals surface area contributed by atoms with E-state index in [0.29, 0.717) is 36.8 Å². The number of phenolic OH excluding ortho intramolecular Hbond substituents is 4. The Hall–Kier alpha value is -3.89. The highest BCUT2D eigenvalue weighted by Gasteiger charge is 2.11. The fourth-order valence-corrected chi connectivity index (χ4v) is 5.50. The predicted molar refractivity (Wildman–Crippen MR) is 178 cm³/mol. The fourth-order valence-electron chi connectivity index (χ4n) is 4.46. The van der Waals surface area contributed by atoms with Gasteiger partial charge in [0.15, 0.2) is 23.0 Å². The number of unbranched alkanes of at least 4 members (excludes halogenated alkanes) is 1. The summed E-state index contributed by atoms with van der Waals surface area (Å²) in [5.41, 5.74) is 4.14. The second-order valence-corrected chi connectivity index (χ2v) is 11.8. The average molecular weight is 731 g/mol. The lowest BCUT2D eigenvalue weighted by molar-refractivity contribution is -0.118. The van der Waals surface area contributed by atoms with Crippen molar-refractivity contribution in [2.75, 3.05) is 20.8 Å². The number of amides is 1. The van der Waals surface area contributed by atoms with Crippen LogP contribution in [0.4, 0.5) is 0 Å². The first-order valence-electron chi connectivity index (χ1n) is 14.0. The second kappa shape index (κ2) is 17.4. The highest BCUT2D eigenvalue weighted by atomic mass is 79.9. The Kier molecular flexibility index (Phi) is 13.7. The molecule has 234 valence electrons. The Morgan fingerprint density at radius 1 is 0.659 bits per heavy atom. The molecule has 4 N–H and O–H groups in total. The maximum absolute atomic E-state index is 11.2. The minimum absolute atomic E-state index is 0.0712. The predicted octanol–water partition coefficient (Wildman–Crippen LogP) is 7.50. The zero-order chi connectivity index (χ0) is 32.1. The molecular formula is C34H37Br2NO7. The van der Waals surface area contributed by atoms with E-state index in [0.717, 1.165) is 57.7 Å². The number of rotatable bonds is 13. The van der Waals surface area contributed by atoms with Gasteiger partial charge in [-0.1, -0.05) is 56.1 Å². The van der Waals surface area contributed by atoms with Gasteiger partial charge in [-0.05, 0) is 103 Å². The van der Waals surface area contributed by atoms with E-state index < -0.39 is 0 Å². The van der Waals surface area contributed by atoms with E-state index in [1.807, 2.05) is 12.1 Å². The maximum atomic E-state index is 11.2. The van der Waals surface area contributed by atoms with Crippen LogP contribution < -0.4 is 9.47 Å². The lowest BCUT2D eigenvalue weighted by atomic mass is 10.0. The van der Waals surface area contributed by atoms with Crippen molar-refractivity contribution in [3.8, 4) is 34.5 Å². The summed E-state index contributed by atoms with van der Waals surface area (Å²) in [5, 5.41) is 38.2. The van der Waals surface area contributed by atoms with Gasteiger partial charge in [0.05, 0.1) is 14.2 Å². The van der Waals surface area contributed by atoms with E-state index >= 15 is 0 Å². The smallest absolute Gasteiger partial charge is 0.210 e. The molecule has 10 heteroatoms. The number of ether oxygens (including phenoxy) is 2. The fraction of sp³-hybridized carbons (Fsp3) is 0.265. The first kappa shape index (κ1) is 34.6. The third-order valence-electron chi connectivity index (χ3n) is 6.93. The monoisotopic (exact) mass is 729 g/mol.